The smallest absolute Gasteiger partial charge is 0.289 e. The van der Waals surface area contributed by atoms with Gasteiger partial charge in [0.25, 0.3) is 11.5 Å². The Hall–Kier alpha value is -3.50. The van der Waals surface area contributed by atoms with Crippen LogP contribution in [0, 0.1) is 0 Å². The number of likely N-dealkylation sites (N-methyl/N-ethyl adjacent to an activating group) is 1. The number of benzene rings is 2. The van der Waals surface area contributed by atoms with Crippen LogP contribution in [0.15, 0.2) is 64.4 Å². The van der Waals surface area contributed by atoms with Gasteiger partial charge in [0.2, 0.25) is 4.80 Å². The van der Waals surface area contributed by atoms with Crippen LogP contribution in [0.1, 0.15) is 26.3 Å². The number of rotatable bonds is 3. The Morgan fingerprint density at radius 1 is 1.09 bits per heavy atom. The predicted octanol–water partition coefficient (Wildman–Crippen LogP) is 1.82. The molecule has 1 N–H and O–H groups in total. The molecular weight excluding hydrogens is 480 g/mol. The number of anilines is 2. The number of hydrogen-bond acceptors (Lipinski definition) is 6. The molecule has 35 heavy (non-hydrogen) atoms. The molecule has 2 aromatic carbocycles. The molecule has 0 aliphatic carbocycles. The summed E-state index contributed by atoms with van der Waals surface area (Å²) in [6.07, 6.45) is -0.636. The summed E-state index contributed by atoms with van der Waals surface area (Å²) >= 11 is 7.04. The third kappa shape index (κ3) is 3.09. The predicted molar refractivity (Wildman–Crippen MR) is 142 cm³/mol. The second-order valence-corrected chi connectivity index (χ2v) is 10.2. The van der Waals surface area contributed by atoms with Gasteiger partial charge in [0.15, 0.2) is 17.4 Å². The fourth-order valence-corrected chi connectivity index (χ4v) is 6.57. The Morgan fingerprint density at radius 3 is 2.51 bits per heavy atom. The van der Waals surface area contributed by atoms with Crippen LogP contribution in [0.5, 0.6) is 0 Å². The van der Waals surface area contributed by atoms with E-state index in [2.05, 4.69) is 5.43 Å². The molecule has 3 aliphatic rings. The normalized spacial score (nSPS) is 22.2. The summed E-state index contributed by atoms with van der Waals surface area (Å²) in [7, 11) is 0. The molecule has 3 aromatic rings. The summed E-state index contributed by atoms with van der Waals surface area (Å²) < 4.78 is 1.87. The first-order chi connectivity index (χ1) is 16.9. The van der Waals surface area contributed by atoms with Gasteiger partial charge in [-0.1, -0.05) is 47.7 Å². The number of amides is 1. The van der Waals surface area contributed by atoms with Crippen LogP contribution in [0.4, 0.5) is 11.4 Å². The highest BCUT2D eigenvalue weighted by Gasteiger charge is 2.46. The quantitative estimate of drug-likeness (QED) is 0.549. The number of carbonyl (C=O) groups is 1. The lowest BCUT2D eigenvalue weighted by molar-refractivity contribution is -0.113. The van der Waals surface area contributed by atoms with E-state index in [9.17, 15) is 9.59 Å². The highest BCUT2D eigenvalue weighted by Crippen LogP contribution is 2.36. The standard InChI is InChI=1S/C25H24N6O2S2/c1-4-28-21-20(30(25(28)34)15-10-6-5-7-11-15)26-24-31(27-21)23(33)19(35-24)18-16-12-8-9-13-17(16)29(14(2)3)22(18)32/h5-14,20-21,27H,4H2,1-3H3/b19-18-. The lowest BCUT2D eigenvalue weighted by Gasteiger charge is -2.29. The largest absolute Gasteiger partial charge is 0.324 e. The summed E-state index contributed by atoms with van der Waals surface area (Å²) in [6, 6.07) is 17.5. The zero-order chi connectivity index (χ0) is 24.4. The van der Waals surface area contributed by atoms with Crippen molar-refractivity contribution in [3.63, 3.8) is 0 Å². The number of nitrogens with one attached hydrogen (secondary N) is 1. The molecule has 2 unspecified atom stereocenters. The van der Waals surface area contributed by atoms with Gasteiger partial charge in [-0.05, 0) is 51.2 Å². The van der Waals surface area contributed by atoms with Crippen LogP contribution in [0.25, 0.3) is 5.57 Å². The summed E-state index contributed by atoms with van der Waals surface area (Å²) in [5.41, 5.74) is 6.09. The summed E-state index contributed by atoms with van der Waals surface area (Å²) in [5.74, 6) is -0.153. The summed E-state index contributed by atoms with van der Waals surface area (Å²) in [6.45, 7) is 6.64. The van der Waals surface area contributed by atoms with E-state index >= 15 is 0 Å². The first-order valence-corrected chi connectivity index (χ1v) is 12.8. The molecule has 0 spiro atoms. The first kappa shape index (κ1) is 22.0. The van der Waals surface area contributed by atoms with Gasteiger partial charge in [-0.25, -0.2) is 4.99 Å². The molecular formula is C25H24N6O2S2. The van der Waals surface area contributed by atoms with Crippen molar-refractivity contribution in [1.29, 1.82) is 0 Å². The average molecular weight is 505 g/mol. The monoisotopic (exact) mass is 504 g/mol. The fraction of sp³-hybridized carbons (Fsp3) is 0.280. The van der Waals surface area contributed by atoms with Crippen molar-refractivity contribution < 1.29 is 4.79 Å². The van der Waals surface area contributed by atoms with E-state index in [1.54, 1.807) is 4.90 Å². The molecule has 2 atom stereocenters. The maximum Gasteiger partial charge on any atom is 0.289 e. The molecule has 1 amide bonds. The van der Waals surface area contributed by atoms with Crippen LogP contribution >= 0.6 is 23.6 Å². The van der Waals surface area contributed by atoms with Gasteiger partial charge in [0.1, 0.15) is 4.53 Å². The second-order valence-electron chi connectivity index (χ2n) is 8.91. The zero-order valence-corrected chi connectivity index (χ0v) is 21.1. The van der Waals surface area contributed by atoms with Gasteiger partial charge in [0.05, 0.1) is 11.3 Å². The van der Waals surface area contributed by atoms with Gasteiger partial charge in [-0.3, -0.25) is 19.9 Å². The molecule has 8 nitrogen and oxygen atoms in total. The SMILES string of the molecule is CCN1C(=S)N(c2ccccc2)C2N=c3s/c(=C4\C(=O)N(C(C)C)c5ccccc54)c(=O)n3NC21. The minimum atomic E-state index is -0.334. The maximum atomic E-state index is 13.6. The first-order valence-electron chi connectivity index (χ1n) is 11.6. The topological polar surface area (TPSA) is 73.2 Å². The lowest BCUT2D eigenvalue weighted by Crippen LogP contribution is -2.55. The van der Waals surface area contributed by atoms with Crippen molar-refractivity contribution >= 4 is 51.5 Å². The molecule has 178 valence electrons. The highest BCUT2D eigenvalue weighted by molar-refractivity contribution is 7.80. The van der Waals surface area contributed by atoms with Crippen molar-refractivity contribution in [2.45, 2.75) is 39.1 Å². The van der Waals surface area contributed by atoms with E-state index in [1.165, 1.54) is 16.0 Å². The molecule has 6 rings (SSSR count). The number of thiocarbonyl (C=S) groups is 1. The van der Waals surface area contributed by atoms with Crippen LogP contribution in [0.3, 0.4) is 0 Å². The average Bonchev–Trinajstić information content (AvgIpc) is 3.43. The molecule has 1 fully saturated rings. The minimum Gasteiger partial charge on any atom is -0.324 e. The van der Waals surface area contributed by atoms with Crippen molar-refractivity contribution in [3.8, 4) is 0 Å². The lowest BCUT2D eigenvalue weighted by atomic mass is 10.1. The Bertz CT molecular complexity index is 1540. The number of fused-ring (bicyclic) bond motifs is 3. The Morgan fingerprint density at radius 2 is 1.80 bits per heavy atom. The highest BCUT2D eigenvalue weighted by atomic mass is 32.1. The fourth-order valence-electron chi connectivity index (χ4n) is 5.06. The van der Waals surface area contributed by atoms with Gasteiger partial charge in [0, 0.05) is 23.8 Å². The van der Waals surface area contributed by atoms with E-state index in [0.29, 0.717) is 26.6 Å². The van der Waals surface area contributed by atoms with Gasteiger partial charge in [-0.2, -0.15) is 4.68 Å². The van der Waals surface area contributed by atoms with Crippen LogP contribution in [-0.2, 0) is 4.79 Å². The van der Waals surface area contributed by atoms with Crippen molar-refractivity contribution in [3.05, 3.63) is 79.8 Å². The number of nitrogens with zero attached hydrogens (tertiary/aromatic N) is 5. The Kier molecular flexibility index (Phi) is 5.05. The van der Waals surface area contributed by atoms with Crippen molar-refractivity contribution in [1.82, 2.24) is 9.58 Å². The number of hydrogen-bond donors (Lipinski definition) is 1. The third-order valence-corrected chi connectivity index (χ3v) is 8.09. The molecule has 3 aliphatic heterocycles. The molecule has 1 saturated heterocycles. The summed E-state index contributed by atoms with van der Waals surface area (Å²) in [5, 5.41) is 0.662. The second kappa shape index (κ2) is 8.03. The van der Waals surface area contributed by atoms with E-state index in [1.807, 2.05) is 85.2 Å². The molecule has 0 radical (unpaired) electrons. The van der Waals surface area contributed by atoms with Gasteiger partial charge < -0.3 is 9.80 Å². The summed E-state index contributed by atoms with van der Waals surface area (Å²) in [4.78, 5) is 38.5. The number of para-hydroxylation sites is 2. The maximum absolute atomic E-state index is 13.6. The van der Waals surface area contributed by atoms with E-state index in [4.69, 9.17) is 17.2 Å². The van der Waals surface area contributed by atoms with Crippen molar-refractivity contribution in [2.75, 3.05) is 21.8 Å². The van der Waals surface area contributed by atoms with Gasteiger partial charge in [-0.15, -0.1) is 0 Å². The van der Waals surface area contributed by atoms with Crippen LogP contribution < -0.4 is 30.1 Å². The number of carbonyl (C=O) groups excluding carboxylic acids is 1. The zero-order valence-electron chi connectivity index (χ0n) is 19.5. The third-order valence-electron chi connectivity index (χ3n) is 6.60. The Labute approximate surface area is 211 Å². The molecule has 0 saturated carbocycles. The van der Waals surface area contributed by atoms with Crippen LogP contribution in [-0.4, -0.2) is 45.5 Å². The van der Waals surface area contributed by atoms with Crippen LogP contribution in [0.2, 0.25) is 0 Å². The number of aromatic nitrogens is 1. The molecule has 4 heterocycles. The Balaban J connectivity index is 1.56. The van der Waals surface area contributed by atoms with Gasteiger partial charge >= 0.3 is 0 Å². The van der Waals surface area contributed by atoms with E-state index in [-0.39, 0.29) is 29.8 Å². The molecule has 1 aromatic heterocycles. The molecule has 10 heteroatoms. The van der Waals surface area contributed by atoms with Crippen molar-refractivity contribution in [2.24, 2.45) is 4.99 Å². The molecule has 0 bridgehead atoms. The van der Waals surface area contributed by atoms with E-state index in [0.717, 1.165) is 16.9 Å². The van der Waals surface area contributed by atoms with E-state index < -0.39 is 0 Å². The number of thiazole rings is 1. The minimum absolute atomic E-state index is 0.0285.